The second kappa shape index (κ2) is 7.32. The van der Waals surface area contributed by atoms with Gasteiger partial charge in [0.15, 0.2) is 0 Å². The maximum Gasteiger partial charge on any atom is 0.573 e. The molecule has 0 amide bonds. The Balaban J connectivity index is 1.71. The largest absolute Gasteiger partial charge is 0.573 e. The van der Waals surface area contributed by atoms with E-state index >= 15 is 0 Å². The molecule has 1 unspecified atom stereocenters. The molecule has 1 aromatic heterocycles. The zero-order valence-corrected chi connectivity index (χ0v) is 15.0. The standard InChI is InChI=1S/C18H18ClF3N2O2/c1-11-5-12(19)7-14(6-11)25-15-9-17(24(2)10-15)16-8-13(3-4-23-16)26-18(20,21)22/h3-8,15,17H,9-10H2,1-2H3/t15?,17-/m1/s1. The molecule has 1 aliphatic rings. The molecule has 1 aromatic carbocycles. The molecular weight excluding hydrogens is 369 g/mol. The second-order valence-electron chi connectivity index (χ2n) is 6.36. The number of likely N-dealkylation sites (tertiary alicyclic amines) is 1. The lowest BCUT2D eigenvalue weighted by molar-refractivity contribution is -0.274. The van der Waals surface area contributed by atoms with Gasteiger partial charge in [-0.25, -0.2) is 0 Å². The highest BCUT2D eigenvalue weighted by molar-refractivity contribution is 6.30. The third-order valence-electron chi connectivity index (χ3n) is 4.16. The third-order valence-corrected chi connectivity index (χ3v) is 4.37. The zero-order valence-electron chi connectivity index (χ0n) is 14.3. The maximum atomic E-state index is 12.4. The summed E-state index contributed by atoms with van der Waals surface area (Å²) in [7, 11) is 1.89. The van der Waals surface area contributed by atoms with Crippen molar-refractivity contribution in [1.29, 1.82) is 0 Å². The summed E-state index contributed by atoms with van der Waals surface area (Å²) < 4.78 is 47.2. The van der Waals surface area contributed by atoms with Gasteiger partial charge in [-0.3, -0.25) is 9.88 Å². The molecule has 3 rings (SSSR count). The van der Waals surface area contributed by atoms with E-state index in [0.29, 0.717) is 29.4 Å². The first-order valence-corrected chi connectivity index (χ1v) is 8.43. The molecular formula is C18H18ClF3N2O2. The molecule has 1 fully saturated rings. The Morgan fingerprint density at radius 2 is 1.96 bits per heavy atom. The molecule has 1 saturated heterocycles. The minimum Gasteiger partial charge on any atom is -0.489 e. The van der Waals surface area contributed by atoms with Crippen LogP contribution in [0.1, 0.15) is 23.7 Å². The molecule has 0 N–H and O–H groups in total. The van der Waals surface area contributed by atoms with Crippen LogP contribution >= 0.6 is 11.6 Å². The normalized spacial score (nSPS) is 21.0. The summed E-state index contributed by atoms with van der Waals surface area (Å²) in [6.45, 7) is 2.56. The first kappa shape index (κ1) is 18.8. The Morgan fingerprint density at radius 1 is 1.19 bits per heavy atom. The number of nitrogens with zero attached hydrogens (tertiary/aromatic N) is 2. The number of alkyl halides is 3. The van der Waals surface area contributed by atoms with Crippen molar-refractivity contribution in [1.82, 2.24) is 9.88 Å². The van der Waals surface area contributed by atoms with Gasteiger partial charge < -0.3 is 9.47 Å². The Kier molecular flexibility index (Phi) is 5.29. The van der Waals surface area contributed by atoms with E-state index in [1.807, 2.05) is 31.0 Å². The van der Waals surface area contributed by atoms with E-state index in [9.17, 15) is 13.2 Å². The fourth-order valence-electron chi connectivity index (χ4n) is 3.15. The highest BCUT2D eigenvalue weighted by atomic mass is 35.5. The summed E-state index contributed by atoms with van der Waals surface area (Å²) in [4.78, 5) is 6.21. The van der Waals surface area contributed by atoms with Crippen LogP contribution in [-0.2, 0) is 0 Å². The smallest absolute Gasteiger partial charge is 0.489 e. The monoisotopic (exact) mass is 386 g/mol. The average Bonchev–Trinajstić information content (AvgIpc) is 2.85. The molecule has 2 heterocycles. The SMILES string of the molecule is Cc1cc(Cl)cc(OC2C[C@H](c3cc(OC(F)(F)F)ccn3)N(C)C2)c1. The van der Waals surface area contributed by atoms with E-state index in [0.717, 1.165) is 5.56 Å². The van der Waals surface area contributed by atoms with Crippen LogP contribution in [0.2, 0.25) is 5.02 Å². The third kappa shape index (κ3) is 4.80. The molecule has 0 spiro atoms. The van der Waals surface area contributed by atoms with Crippen LogP contribution in [0.5, 0.6) is 11.5 Å². The van der Waals surface area contributed by atoms with Gasteiger partial charge >= 0.3 is 6.36 Å². The van der Waals surface area contributed by atoms with E-state index in [4.69, 9.17) is 16.3 Å². The van der Waals surface area contributed by atoms with Crippen molar-refractivity contribution in [2.75, 3.05) is 13.6 Å². The summed E-state index contributed by atoms with van der Waals surface area (Å²) in [5, 5.41) is 0.599. The van der Waals surface area contributed by atoms with E-state index in [2.05, 4.69) is 9.72 Å². The molecule has 0 bridgehead atoms. The van der Waals surface area contributed by atoms with E-state index in [1.165, 1.54) is 18.3 Å². The summed E-state index contributed by atoms with van der Waals surface area (Å²) in [5.41, 5.74) is 1.51. The van der Waals surface area contributed by atoms with Gasteiger partial charge in [-0.05, 0) is 43.8 Å². The summed E-state index contributed by atoms with van der Waals surface area (Å²) >= 11 is 6.05. The molecule has 0 saturated carbocycles. The van der Waals surface area contributed by atoms with Crippen molar-refractivity contribution < 1.29 is 22.6 Å². The summed E-state index contributed by atoms with van der Waals surface area (Å²) in [6, 6.07) is 7.84. The van der Waals surface area contributed by atoms with Crippen LogP contribution in [0.15, 0.2) is 36.5 Å². The quantitative estimate of drug-likeness (QED) is 0.758. The Hall–Kier alpha value is -1.99. The number of benzene rings is 1. The zero-order chi connectivity index (χ0) is 18.9. The number of likely N-dealkylation sites (N-methyl/N-ethyl adjacent to an activating group) is 1. The van der Waals surface area contributed by atoms with Gasteiger partial charge in [-0.15, -0.1) is 13.2 Å². The molecule has 26 heavy (non-hydrogen) atoms. The number of rotatable bonds is 4. The number of ether oxygens (including phenoxy) is 2. The molecule has 4 nitrogen and oxygen atoms in total. The highest BCUT2D eigenvalue weighted by Gasteiger charge is 2.35. The van der Waals surface area contributed by atoms with E-state index in [-0.39, 0.29) is 17.9 Å². The minimum absolute atomic E-state index is 0.114. The van der Waals surface area contributed by atoms with E-state index < -0.39 is 6.36 Å². The molecule has 1 aliphatic heterocycles. The number of hydrogen-bond donors (Lipinski definition) is 0. The van der Waals surface area contributed by atoms with Gasteiger partial charge in [0.2, 0.25) is 0 Å². The van der Waals surface area contributed by atoms with Gasteiger partial charge in [-0.1, -0.05) is 11.6 Å². The van der Waals surface area contributed by atoms with Crippen LogP contribution in [0.4, 0.5) is 13.2 Å². The van der Waals surface area contributed by atoms with Crippen LogP contribution in [0.25, 0.3) is 0 Å². The van der Waals surface area contributed by atoms with Crippen LogP contribution in [0, 0.1) is 6.92 Å². The Morgan fingerprint density at radius 3 is 2.65 bits per heavy atom. The number of aryl methyl sites for hydroxylation is 1. The van der Waals surface area contributed by atoms with Crippen molar-refractivity contribution in [3.63, 3.8) is 0 Å². The molecule has 0 aliphatic carbocycles. The lowest BCUT2D eigenvalue weighted by Crippen LogP contribution is -2.22. The average molecular weight is 387 g/mol. The Labute approximate surface area is 154 Å². The van der Waals surface area contributed by atoms with E-state index in [1.54, 1.807) is 6.07 Å². The van der Waals surface area contributed by atoms with Crippen LogP contribution < -0.4 is 9.47 Å². The first-order chi connectivity index (χ1) is 12.2. The highest BCUT2D eigenvalue weighted by Crippen LogP contribution is 2.34. The lowest BCUT2D eigenvalue weighted by Gasteiger charge is -2.18. The minimum atomic E-state index is -4.73. The maximum absolute atomic E-state index is 12.4. The number of aromatic nitrogens is 1. The van der Waals surface area contributed by atoms with Crippen molar-refractivity contribution in [2.45, 2.75) is 31.9 Å². The topological polar surface area (TPSA) is 34.6 Å². The van der Waals surface area contributed by atoms with Gasteiger partial charge in [0, 0.05) is 30.3 Å². The van der Waals surface area contributed by atoms with Crippen molar-refractivity contribution >= 4 is 11.6 Å². The van der Waals surface area contributed by atoms with Gasteiger partial charge in [0.1, 0.15) is 17.6 Å². The van der Waals surface area contributed by atoms with Gasteiger partial charge in [-0.2, -0.15) is 0 Å². The van der Waals surface area contributed by atoms with Gasteiger partial charge in [0.25, 0.3) is 0 Å². The van der Waals surface area contributed by atoms with Crippen LogP contribution in [0.3, 0.4) is 0 Å². The lowest BCUT2D eigenvalue weighted by atomic mass is 10.1. The second-order valence-corrected chi connectivity index (χ2v) is 6.80. The number of pyridine rings is 1. The van der Waals surface area contributed by atoms with Crippen molar-refractivity contribution in [3.05, 3.63) is 52.8 Å². The number of halogens is 4. The van der Waals surface area contributed by atoms with Crippen molar-refractivity contribution in [2.24, 2.45) is 0 Å². The van der Waals surface area contributed by atoms with Gasteiger partial charge in [0.05, 0.1) is 11.7 Å². The Bertz CT molecular complexity index is 765. The van der Waals surface area contributed by atoms with Crippen LogP contribution in [-0.4, -0.2) is 35.9 Å². The molecule has 140 valence electrons. The molecule has 0 radical (unpaired) electrons. The molecule has 2 atom stereocenters. The van der Waals surface area contributed by atoms with Crippen molar-refractivity contribution in [3.8, 4) is 11.5 Å². The predicted octanol–water partition coefficient (Wildman–Crippen LogP) is 4.77. The molecule has 2 aromatic rings. The first-order valence-electron chi connectivity index (χ1n) is 8.05. The molecule has 8 heteroatoms. The fraction of sp³-hybridized carbons (Fsp3) is 0.389. The fourth-order valence-corrected chi connectivity index (χ4v) is 3.43. The predicted molar refractivity (Wildman–Crippen MR) is 91.5 cm³/mol. The summed E-state index contributed by atoms with van der Waals surface area (Å²) in [6.07, 6.45) is -2.92. The number of hydrogen-bond acceptors (Lipinski definition) is 4. The summed E-state index contributed by atoms with van der Waals surface area (Å²) in [5.74, 6) is 0.405.